The molecule has 3 nitrogen and oxygen atoms in total. The first-order chi connectivity index (χ1) is 5.45. The lowest BCUT2D eigenvalue weighted by molar-refractivity contribution is -0.130. The molecule has 0 fully saturated rings. The highest BCUT2D eigenvalue weighted by Gasteiger charge is 2.11. The molecule has 0 spiro atoms. The second-order valence-electron chi connectivity index (χ2n) is 3.44. The van der Waals surface area contributed by atoms with Crippen LogP contribution in [0.15, 0.2) is 0 Å². The summed E-state index contributed by atoms with van der Waals surface area (Å²) in [7, 11) is 0. The minimum atomic E-state index is -0.266. The van der Waals surface area contributed by atoms with Crippen molar-refractivity contribution in [3.63, 3.8) is 0 Å². The summed E-state index contributed by atoms with van der Waals surface area (Å²) in [5, 5.41) is 2.61. The van der Waals surface area contributed by atoms with Crippen LogP contribution in [0.1, 0.15) is 20.8 Å². The number of halogens is 1. The van der Waals surface area contributed by atoms with Gasteiger partial charge in [0.05, 0.1) is 5.60 Å². The Balaban J connectivity index is 3.44. The Labute approximate surface area is 78.4 Å². The first-order valence-corrected chi connectivity index (χ1v) is 4.46. The maximum Gasteiger partial charge on any atom is 0.246 e. The normalized spacial score (nSPS) is 11.3. The number of carbonyl (C=O) groups is 1. The van der Waals surface area contributed by atoms with Gasteiger partial charge < -0.3 is 10.1 Å². The van der Waals surface area contributed by atoms with Crippen LogP contribution in [0.3, 0.4) is 0 Å². The first kappa shape index (κ1) is 11.7. The predicted octanol–water partition coefficient (Wildman–Crippen LogP) is 1.16. The molecule has 12 heavy (non-hydrogen) atoms. The molecule has 0 aromatic rings. The Morgan fingerprint density at radius 2 is 2.08 bits per heavy atom. The lowest BCUT2D eigenvalue weighted by Crippen LogP contribution is -2.33. The maximum absolute atomic E-state index is 11.0. The highest BCUT2D eigenvalue weighted by atomic mass is 35.5. The molecule has 0 aromatic carbocycles. The summed E-state index contributed by atoms with van der Waals surface area (Å²) in [4.78, 5) is 11.0. The zero-order valence-corrected chi connectivity index (χ0v) is 8.57. The molecule has 1 N–H and O–H groups in total. The molecule has 0 rings (SSSR count). The number of hydrogen-bond donors (Lipinski definition) is 1. The molecule has 1 amide bonds. The zero-order chi connectivity index (χ0) is 9.61. The van der Waals surface area contributed by atoms with E-state index in [2.05, 4.69) is 5.32 Å². The predicted molar refractivity (Wildman–Crippen MR) is 49.4 cm³/mol. The average molecular weight is 194 g/mol. The number of carbonyl (C=O) groups excluding carboxylic acids is 1. The van der Waals surface area contributed by atoms with Crippen LogP contribution in [0.5, 0.6) is 0 Å². The standard InChI is InChI=1S/C8H16ClNO2/c1-8(2,3)12-6-7(11)10-5-4-9/h4-6H2,1-3H3,(H,10,11). The molecule has 0 unspecified atom stereocenters. The molecule has 0 atom stereocenters. The van der Waals surface area contributed by atoms with Crippen LogP contribution in [-0.4, -0.2) is 30.5 Å². The molecule has 0 aliphatic carbocycles. The summed E-state index contributed by atoms with van der Waals surface area (Å²) in [5.41, 5.74) is -0.266. The molecule has 0 heterocycles. The van der Waals surface area contributed by atoms with Gasteiger partial charge in [-0.05, 0) is 20.8 Å². The lowest BCUT2D eigenvalue weighted by atomic mass is 10.2. The molecule has 0 bridgehead atoms. The highest BCUT2D eigenvalue weighted by Crippen LogP contribution is 2.05. The Hall–Kier alpha value is -0.280. The molecule has 0 saturated carbocycles. The molecule has 0 aliphatic heterocycles. The van der Waals surface area contributed by atoms with Crippen molar-refractivity contribution in [2.24, 2.45) is 0 Å². The summed E-state index contributed by atoms with van der Waals surface area (Å²) in [6.07, 6.45) is 0. The third-order valence-electron chi connectivity index (χ3n) is 1.05. The third kappa shape index (κ3) is 7.82. The molecule has 0 aromatic heterocycles. The SMILES string of the molecule is CC(C)(C)OCC(=O)NCCCl. The second kappa shape index (κ2) is 5.38. The van der Waals surface area contributed by atoms with Gasteiger partial charge in [-0.15, -0.1) is 11.6 Å². The van der Waals surface area contributed by atoms with Gasteiger partial charge >= 0.3 is 0 Å². The summed E-state index contributed by atoms with van der Waals surface area (Å²) in [5.74, 6) is 0.312. The smallest absolute Gasteiger partial charge is 0.246 e. The van der Waals surface area contributed by atoms with Crippen molar-refractivity contribution in [3.05, 3.63) is 0 Å². The van der Waals surface area contributed by atoms with Crippen LogP contribution < -0.4 is 5.32 Å². The number of alkyl halides is 1. The van der Waals surface area contributed by atoms with Crippen LogP contribution in [0, 0.1) is 0 Å². The Morgan fingerprint density at radius 3 is 2.50 bits per heavy atom. The van der Waals surface area contributed by atoms with Crippen molar-refractivity contribution < 1.29 is 9.53 Å². The van der Waals surface area contributed by atoms with Crippen molar-refractivity contribution in [2.75, 3.05) is 19.0 Å². The number of rotatable bonds is 4. The van der Waals surface area contributed by atoms with Crippen molar-refractivity contribution in [1.29, 1.82) is 0 Å². The minimum absolute atomic E-state index is 0.0976. The molecule has 4 heteroatoms. The fraction of sp³-hybridized carbons (Fsp3) is 0.875. The Morgan fingerprint density at radius 1 is 1.50 bits per heavy atom. The van der Waals surface area contributed by atoms with E-state index in [1.165, 1.54) is 0 Å². The van der Waals surface area contributed by atoms with Crippen LogP contribution in [-0.2, 0) is 9.53 Å². The van der Waals surface area contributed by atoms with E-state index >= 15 is 0 Å². The van der Waals surface area contributed by atoms with Gasteiger partial charge in [0, 0.05) is 12.4 Å². The van der Waals surface area contributed by atoms with Crippen LogP contribution in [0.2, 0.25) is 0 Å². The summed E-state index contributed by atoms with van der Waals surface area (Å²) < 4.78 is 5.23. The van der Waals surface area contributed by atoms with Gasteiger partial charge in [-0.3, -0.25) is 4.79 Å². The van der Waals surface area contributed by atoms with E-state index in [9.17, 15) is 4.79 Å². The maximum atomic E-state index is 11.0. The molecule has 72 valence electrons. The van der Waals surface area contributed by atoms with Crippen molar-refractivity contribution in [3.8, 4) is 0 Å². The van der Waals surface area contributed by atoms with E-state index in [0.717, 1.165) is 0 Å². The quantitative estimate of drug-likeness (QED) is 0.681. The number of hydrogen-bond acceptors (Lipinski definition) is 2. The summed E-state index contributed by atoms with van der Waals surface area (Å²) in [6, 6.07) is 0. The molecule has 0 aliphatic rings. The van der Waals surface area contributed by atoms with E-state index in [0.29, 0.717) is 12.4 Å². The van der Waals surface area contributed by atoms with Crippen LogP contribution in [0.25, 0.3) is 0 Å². The van der Waals surface area contributed by atoms with E-state index in [1.54, 1.807) is 0 Å². The van der Waals surface area contributed by atoms with Gasteiger partial charge in [0.2, 0.25) is 5.91 Å². The largest absolute Gasteiger partial charge is 0.366 e. The average Bonchev–Trinajstić information content (AvgIpc) is 1.95. The van der Waals surface area contributed by atoms with Gasteiger partial charge in [-0.25, -0.2) is 0 Å². The minimum Gasteiger partial charge on any atom is -0.366 e. The molecule has 0 saturated heterocycles. The highest BCUT2D eigenvalue weighted by molar-refractivity contribution is 6.18. The molecular weight excluding hydrogens is 178 g/mol. The summed E-state index contributed by atoms with van der Waals surface area (Å²) >= 11 is 5.38. The molecule has 0 radical (unpaired) electrons. The van der Waals surface area contributed by atoms with Crippen molar-refractivity contribution in [2.45, 2.75) is 26.4 Å². The van der Waals surface area contributed by atoms with Crippen molar-refractivity contribution >= 4 is 17.5 Å². The van der Waals surface area contributed by atoms with Gasteiger partial charge in [-0.1, -0.05) is 0 Å². The summed E-state index contributed by atoms with van der Waals surface area (Å²) in [6.45, 7) is 6.31. The Kier molecular flexibility index (Phi) is 5.25. The fourth-order valence-electron chi connectivity index (χ4n) is 0.520. The van der Waals surface area contributed by atoms with Gasteiger partial charge in [0.1, 0.15) is 6.61 Å². The van der Waals surface area contributed by atoms with E-state index in [4.69, 9.17) is 16.3 Å². The topological polar surface area (TPSA) is 38.3 Å². The molecular formula is C8H16ClNO2. The van der Waals surface area contributed by atoms with E-state index in [1.807, 2.05) is 20.8 Å². The fourth-order valence-corrected chi connectivity index (χ4v) is 0.614. The number of nitrogens with one attached hydrogen (secondary N) is 1. The van der Waals surface area contributed by atoms with Crippen molar-refractivity contribution in [1.82, 2.24) is 5.32 Å². The number of ether oxygens (including phenoxy) is 1. The van der Waals surface area contributed by atoms with Crippen LogP contribution >= 0.6 is 11.6 Å². The Bertz CT molecular complexity index is 142. The van der Waals surface area contributed by atoms with Crippen LogP contribution in [0.4, 0.5) is 0 Å². The van der Waals surface area contributed by atoms with Gasteiger partial charge in [0.15, 0.2) is 0 Å². The third-order valence-corrected chi connectivity index (χ3v) is 1.24. The lowest BCUT2D eigenvalue weighted by Gasteiger charge is -2.18. The second-order valence-corrected chi connectivity index (χ2v) is 3.82. The zero-order valence-electron chi connectivity index (χ0n) is 7.82. The first-order valence-electron chi connectivity index (χ1n) is 3.92. The van der Waals surface area contributed by atoms with Gasteiger partial charge in [-0.2, -0.15) is 0 Å². The van der Waals surface area contributed by atoms with E-state index < -0.39 is 0 Å². The number of amides is 1. The van der Waals surface area contributed by atoms with E-state index in [-0.39, 0.29) is 18.1 Å². The van der Waals surface area contributed by atoms with Gasteiger partial charge in [0.25, 0.3) is 0 Å². The monoisotopic (exact) mass is 193 g/mol.